The van der Waals surface area contributed by atoms with Crippen molar-refractivity contribution in [3.63, 3.8) is 0 Å². The molecule has 18 heavy (non-hydrogen) atoms. The first-order valence-corrected chi connectivity index (χ1v) is 7.00. The summed E-state index contributed by atoms with van der Waals surface area (Å²) in [6.45, 7) is 6.27. The highest BCUT2D eigenvalue weighted by Gasteiger charge is 2.31. The molecule has 0 bridgehead atoms. The van der Waals surface area contributed by atoms with Crippen molar-refractivity contribution in [3.05, 3.63) is 24.2 Å². The third kappa shape index (κ3) is 2.60. The normalized spacial score (nSPS) is 25.1. The molecule has 4 nitrogen and oxygen atoms in total. The Kier molecular flexibility index (Phi) is 3.98. The number of nitrogens with one attached hydrogen (secondary N) is 1. The van der Waals surface area contributed by atoms with Gasteiger partial charge in [-0.25, -0.2) is 0 Å². The molecule has 2 fully saturated rings. The average Bonchev–Trinajstić information content (AvgIpc) is 2.95. The second-order valence-electron chi connectivity index (χ2n) is 5.24. The van der Waals surface area contributed by atoms with E-state index in [-0.39, 0.29) is 0 Å². The summed E-state index contributed by atoms with van der Waals surface area (Å²) in [5.41, 5.74) is 1.34. The highest BCUT2D eigenvalue weighted by molar-refractivity contribution is 5.14. The summed E-state index contributed by atoms with van der Waals surface area (Å²) in [5, 5.41) is 3.43. The van der Waals surface area contributed by atoms with Crippen LogP contribution in [0.15, 0.2) is 23.0 Å². The summed E-state index contributed by atoms with van der Waals surface area (Å²) in [6, 6.07) is 2.64. The minimum absolute atomic E-state index is 0.509. The zero-order valence-electron chi connectivity index (χ0n) is 10.8. The maximum atomic E-state index is 5.50. The Morgan fingerprint density at radius 2 is 2.00 bits per heavy atom. The lowest BCUT2D eigenvalue weighted by atomic mass is 9.86. The van der Waals surface area contributed by atoms with E-state index in [1.807, 2.05) is 6.26 Å². The summed E-state index contributed by atoms with van der Waals surface area (Å²) in [6.07, 6.45) is 6.05. The first kappa shape index (κ1) is 12.2. The van der Waals surface area contributed by atoms with E-state index >= 15 is 0 Å². The Morgan fingerprint density at radius 1 is 1.22 bits per heavy atom. The van der Waals surface area contributed by atoms with Crippen LogP contribution >= 0.6 is 0 Å². The molecule has 1 atom stereocenters. The lowest BCUT2D eigenvalue weighted by molar-refractivity contribution is 0.0211. The van der Waals surface area contributed by atoms with Gasteiger partial charge >= 0.3 is 0 Å². The van der Waals surface area contributed by atoms with Gasteiger partial charge in [-0.3, -0.25) is 4.90 Å². The standard InChI is InChI=1S/C14H22N2O2/c1-8-17-9-2-12(1)14(13-3-10-18-11-13)16-6-4-15-5-7-16/h3,10-12,14-15H,1-2,4-9H2/t14-/m0/s1. The van der Waals surface area contributed by atoms with Crippen LogP contribution in [-0.4, -0.2) is 44.3 Å². The fourth-order valence-corrected chi connectivity index (χ4v) is 3.22. The molecule has 2 aliphatic heterocycles. The van der Waals surface area contributed by atoms with Crippen molar-refractivity contribution < 1.29 is 9.15 Å². The Balaban J connectivity index is 1.78. The van der Waals surface area contributed by atoms with Crippen molar-refractivity contribution in [2.75, 3.05) is 39.4 Å². The summed E-state index contributed by atoms with van der Waals surface area (Å²) in [7, 11) is 0. The van der Waals surface area contributed by atoms with Crippen molar-refractivity contribution in [1.29, 1.82) is 0 Å². The first-order valence-electron chi connectivity index (χ1n) is 7.00. The smallest absolute Gasteiger partial charge is 0.0950 e. The maximum absolute atomic E-state index is 5.50. The molecule has 1 N–H and O–H groups in total. The van der Waals surface area contributed by atoms with E-state index in [1.165, 1.54) is 18.4 Å². The molecular formula is C14H22N2O2. The molecule has 0 aromatic carbocycles. The van der Waals surface area contributed by atoms with Gasteiger partial charge < -0.3 is 14.5 Å². The van der Waals surface area contributed by atoms with Crippen molar-refractivity contribution in [2.45, 2.75) is 18.9 Å². The molecule has 3 heterocycles. The highest BCUT2D eigenvalue weighted by atomic mass is 16.5. The van der Waals surface area contributed by atoms with E-state index in [0.29, 0.717) is 12.0 Å². The van der Waals surface area contributed by atoms with Gasteiger partial charge in [-0.1, -0.05) is 0 Å². The van der Waals surface area contributed by atoms with Crippen LogP contribution in [0.25, 0.3) is 0 Å². The number of hydrogen-bond acceptors (Lipinski definition) is 4. The van der Waals surface area contributed by atoms with Gasteiger partial charge in [0.2, 0.25) is 0 Å². The molecule has 0 unspecified atom stereocenters. The summed E-state index contributed by atoms with van der Waals surface area (Å²) >= 11 is 0. The minimum atomic E-state index is 0.509. The Morgan fingerprint density at radius 3 is 2.67 bits per heavy atom. The summed E-state index contributed by atoms with van der Waals surface area (Å²) in [5.74, 6) is 0.703. The van der Waals surface area contributed by atoms with Crippen LogP contribution in [-0.2, 0) is 4.74 Å². The molecule has 0 aliphatic carbocycles. The highest BCUT2D eigenvalue weighted by Crippen LogP contribution is 2.35. The van der Waals surface area contributed by atoms with Gasteiger partial charge in [-0.2, -0.15) is 0 Å². The van der Waals surface area contributed by atoms with Crippen LogP contribution in [0.2, 0.25) is 0 Å². The summed E-state index contributed by atoms with van der Waals surface area (Å²) < 4.78 is 10.8. The lowest BCUT2D eigenvalue weighted by Crippen LogP contribution is -2.47. The van der Waals surface area contributed by atoms with Gasteiger partial charge in [0.05, 0.1) is 12.5 Å². The number of ether oxygens (including phenoxy) is 1. The van der Waals surface area contributed by atoms with Crippen LogP contribution in [0.1, 0.15) is 24.4 Å². The third-order valence-corrected chi connectivity index (χ3v) is 4.14. The van der Waals surface area contributed by atoms with E-state index in [4.69, 9.17) is 9.15 Å². The van der Waals surface area contributed by atoms with Crippen LogP contribution < -0.4 is 5.32 Å². The largest absolute Gasteiger partial charge is 0.472 e. The van der Waals surface area contributed by atoms with Gasteiger partial charge in [0.25, 0.3) is 0 Å². The molecule has 0 spiro atoms. The molecule has 0 radical (unpaired) electrons. The van der Waals surface area contributed by atoms with Crippen molar-refractivity contribution in [3.8, 4) is 0 Å². The SMILES string of the molecule is c1cc([C@H](C2CCOCC2)N2CCNCC2)co1. The molecular weight excluding hydrogens is 228 g/mol. The Labute approximate surface area is 108 Å². The predicted octanol–water partition coefficient (Wildman–Crippen LogP) is 1.65. The van der Waals surface area contributed by atoms with E-state index in [2.05, 4.69) is 16.3 Å². The van der Waals surface area contributed by atoms with Gasteiger partial charge in [0, 0.05) is 51.0 Å². The van der Waals surface area contributed by atoms with Crippen LogP contribution in [0.3, 0.4) is 0 Å². The number of nitrogens with zero attached hydrogens (tertiary/aromatic N) is 1. The molecule has 1 aromatic heterocycles. The second-order valence-corrected chi connectivity index (χ2v) is 5.24. The van der Waals surface area contributed by atoms with Gasteiger partial charge in [0.15, 0.2) is 0 Å². The number of rotatable bonds is 3. The minimum Gasteiger partial charge on any atom is -0.472 e. The third-order valence-electron chi connectivity index (χ3n) is 4.14. The van der Waals surface area contributed by atoms with Crippen LogP contribution in [0.4, 0.5) is 0 Å². The van der Waals surface area contributed by atoms with E-state index in [0.717, 1.165) is 39.4 Å². The summed E-state index contributed by atoms with van der Waals surface area (Å²) in [4.78, 5) is 2.61. The van der Waals surface area contributed by atoms with E-state index in [1.54, 1.807) is 6.26 Å². The zero-order valence-corrected chi connectivity index (χ0v) is 10.8. The number of piperazine rings is 1. The van der Waals surface area contributed by atoms with Crippen molar-refractivity contribution >= 4 is 0 Å². The average molecular weight is 250 g/mol. The number of furan rings is 1. The predicted molar refractivity (Wildman–Crippen MR) is 69.4 cm³/mol. The molecule has 2 aliphatic rings. The van der Waals surface area contributed by atoms with Crippen molar-refractivity contribution in [1.82, 2.24) is 10.2 Å². The van der Waals surface area contributed by atoms with Gasteiger partial charge in [-0.05, 0) is 24.8 Å². The zero-order chi connectivity index (χ0) is 12.2. The topological polar surface area (TPSA) is 37.6 Å². The van der Waals surface area contributed by atoms with E-state index < -0.39 is 0 Å². The molecule has 1 aromatic rings. The molecule has 3 rings (SSSR count). The molecule has 0 amide bonds. The quantitative estimate of drug-likeness (QED) is 0.885. The fourth-order valence-electron chi connectivity index (χ4n) is 3.22. The van der Waals surface area contributed by atoms with Gasteiger partial charge in [0.1, 0.15) is 0 Å². The fraction of sp³-hybridized carbons (Fsp3) is 0.714. The molecule has 4 heteroatoms. The maximum Gasteiger partial charge on any atom is 0.0950 e. The number of hydrogen-bond donors (Lipinski definition) is 1. The van der Waals surface area contributed by atoms with Crippen molar-refractivity contribution in [2.24, 2.45) is 5.92 Å². The second kappa shape index (κ2) is 5.87. The first-order chi connectivity index (χ1) is 8.95. The molecule has 2 saturated heterocycles. The monoisotopic (exact) mass is 250 g/mol. The van der Waals surface area contributed by atoms with Crippen LogP contribution in [0, 0.1) is 5.92 Å². The Bertz CT molecular complexity index is 323. The van der Waals surface area contributed by atoms with Crippen LogP contribution in [0.5, 0.6) is 0 Å². The molecule has 100 valence electrons. The lowest BCUT2D eigenvalue weighted by Gasteiger charge is -2.40. The molecule has 0 saturated carbocycles. The van der Waals surface area contributed by atoms with Gasteiger partial charge in [-0.15, -0.1) is 0 Å². The van der Waals surface area contributed by atoms with E-state index in [9.17, 15) is 0 Å². The Hall–Kier alpha value is -0.840.